The smallest absolute Gasteiger partial charge is 0.310 e. The molecule has 216 valence electrons. The molecule has 0 unspecified atom stereocenters. The molecule has 8 heteroatoms. The fourth-order valence-electron chi connectivity index (χ4n) is 8.34. The fourth-order valence-corrected chi connectivity index (χ4v) is 8.34. The maximum absolute atomic E-state index is 13.4. The van der Waals surface area contributed by atoms with Crippen molar-refractivity contribution in [2.24, 2.45) is 23.2 Å². The van der Waals surface area contributed by atoms with Gasteiger partial charge in [0.05, 0.1) is 45.6 Å². The van der Waals surface area contributed by atoms with Crippen LogP contribution in [0.2, 0.25) is 0 Å². The first-order chi connectivity index (χ1) is 18.9. The summed E-state index contributed by atoms with van der Waals surface area (Å²) in [6.07, 6.45) is 6.73. The first kappa shape index (κ1) is 27.3. The van der Waals surface area contributed by atoms with Crippen molar-refractivity contribution in [3.8, 4) is 11.5 Å². The fraction of sp³-hybridized carbons (Fsp3) is 0.774. The van der Waals surface area contributed by atoms with Gasteiger partial charge >= 0.3 is 5.97 Å². The summed E-state index contributed by atoms with van der Waals surface area (Å²) in [5, 5.41) is 0. The molecule has 3 aliphatic heterocycles. The van der Waals surface area contributed by atoms with Crippen molar-refractivity contribution in [2.45, 2.75) is 63.7 Å². The number of fused-ring (bicyclic) bond motifs is 3. The highest BCUT2D eigenvalue weighted by Crippen LogP contribution is 2.62. The Morgan fingerprint density at radius 1 is 1.15 bits per heavy atom. The third-order valence-electron chi connectivity index (χ3n) is 10.5. The van der Waals surface area contributed by atoms with Gasteiger partial charge in [0.15, 0.2) is 11.5 Å². The Kier molecular flexibility index (Phi) is 7.83. The van der Waals surface area contributed by atoms with E-state index < -0.39 is 0 Å². The molecule has 5 fully saturated rings. The summed E-state index contributed by atoms with van der Waals surface area (Å²) in [5.41, 5.74) is 1.37. The molecule has 2 aliphatic carbocycles. The minimum absolute atomic E-state index is 0.00574. The van der Waals surface area contributed by atoms with Gasteiger partial charge in [-0.15, -0.1) is 0 Å². The highest BCUT2D eigenvalue weighted by Gasteiger charge is 2.65. The van der Waals surface area contributed by atoms with Crippen LogP contribution in [-0.4, -0.2) is 94.2 Å². The van der Waals surface area contributed by atoms with Crippen molar-refractivity contribution < 1.29 is 28.5 Å². The van der Waals surface area contributed by atoms with Crippen LogP contribution < -0.4 is 9.47 Å². The number of methoxy groups -OCH3 is 2. The second kappa shape index (κ2) is 11.2. The average Bonchev–Trinajstić information content (AvgIpc) is 3.64. The normalized spacial score (nSPS) is 35.9. The standard InChI is InChI=1S/C31H46N2O6/c1-30-9-5-10-31(21-38-31)27(30)17-23-24(29(34)39-26(23)18-30)20-33(12-6-11-32-13-15-37-16-14-32)19-22-7-4-8-25(35-2)28(22)36-3/h4,7-8,23-24,26-27H,5-6,9-21H2,1-3H3/t23-,24+,26-,27-,30-,31+/m1/s1. The molecule has 1 aromatic carbocycles. The third-order valence-corrected chi connectivity index (χ3v) is 10.5. The van der Waals surface area contributed by atoms with Crippen LogP contribution in [0.25, 0.3) is 0 Å². The zero-order valence-corrected chi connectivity index (χ0v) is 24.0. The van der Waals surface area contributed by atoms with E-state index in [1.54, 1.807) is 14.2 Å². The van der Waals surface area contributed by atoms with Crippen molar-refractivity contribution in [2.75, 3.05) is 66.8 Å². The monoisotopic (exact) mass is 542 g/mol. The first-order valence-corrected chi connectivity index (χ1v) is 15.0. The number of epoxide rings is 1. The van der Waals surface area contributed by atoms with Gasteiger partial charge in [-0.3, -0.25) is 14.6 Å². The molecule has 0 radical (unpaired) electrons. The van der Waals surface area contributed by atoms with Gasteiger partial charge in [-0.1, -0.05) is 19.1 Å². The maximum atomic E-state index is 13.4. The number of hydrogen-bond donors (Lipinski definition) is 0. The molecule has 0 N–H and O–H groups in total. The van der Waals surface area contributed by atoms with Crippen LogP contribution in [0, 0.1) is 23.2 Å². The maximum Gasteiger partial charge on any atom is 0.310 e. The number of rotatable bonds is 10. The van der Waals surface area contributed by atoms with Gasteiger partial charge in [-0.25, -0.2) is 0 Å². The Morgan fingerprint density at radius 2 is 1.97 bits per heavy atom. The molecule has 5 aliphatic rings. The van der Waals surface area contributed by atoms with Crippen LogP contribution in [-0.2, 0) is 25.5 Å². The van der Waals surface area contributed by atoms with Crippen molar-refractivity contribution >= 4 is 5.97 Å². The molecule has 3 saturated heterocycles. The van der Waals surface area contributed by atoms with Crippen LogP contribution in [0.3, 0.4) is 0 Å². The summed E-state index contributed by atoms with van der Waals surface area (Å²) in [6, 6.07) is 6.06. The number of carbonyl (C=O) groups is 1. The number of nitrogens with zero attached hydrogens (tertiary/aromatic N) is 2. The first-order valence-electron chi connectivity index (χ1n) is 15.0. The van der Waals surface area contributed by atoms with Crippen molar-refractivity contribution in [1.82, 2.24) is 9.80 Å². The number of para-hydroxylation sites is 1. The minimum atomic E-state index is -0.0998. The van der Waals surface area contributed by atoms with E-state index in [1.165, 1.54) is 19.3 Å². The molecule has 1 spiro atoms. The van der Waals surface area contributed by atoms with Crippen LogP contribution in [0.15, 0.2) is 18.2 Å². The quantitative estimate of drug-likeness (QED) is 0.327. The summed E-state index contributed by atoms with van der Waals surface area (Å²) in [7, 11) is 3.37. The van der Waals surface area contributed by atoms with Gasteiger partial charge in [0.2, 0.25) is 0 Å². The topological polar surface area (TPSA) is 73.0 Å². The summed E-state index contributed by atoms with van der Waals surface area (Å²) in [4.78, 5) is 18.3. The number of carbonyl (C=O) groups excluding carboxylic acids is 1. The molecule has 0 aromatic heterocycles. The van der Waals surface area contributed by atoms with E-state index >= 15 is 0 Å². The Balaban J connectivity index is 1.19. The van der Waals surface area contributed by atoms with Crippen LogP contribution in [0.4, 0.5) is 0 Å². The molecule has 6 rings (SSSR count). The molecule has 0 amide bonds. The SMILES string of the molecule is COc1cccc(CN(CCCN2CCOCC2)C[C@@H]2C(=O)O[C@@H]3C[C@@]4(C)CCC[C@]5(CO5)[C@@H]4C[C@H]23)c1OC. The van der Waals surface area contributed by atoms with E-state index in [1.807, 2.05) is 12.1 Å². The predicted octanol–water partition coefficient (Wildman–Crippen LogP) is 3.76. The Labute approximate surface area is 233 Å². The van der Waals surface area contributed by atoms with Crippen molar-refractivity contribution in [3.63, 3.8) is 0 Å². The largest absolute Gasteiger partial charge is 0.493 e. The highest BCUT2D eigenvalue weighted by atomic mass is 16.6. The summed E-state index contributed by atoms with van der Waals surface area (Å²) in [5.74, 6) is 2.20. The molecule has 8 nitrogen and oxygen atoms in total. The molecule has 39 heavy (non-hydrogen) atoms. The van der Waals surface area contributed by atoms with E-state index in [0.717, 1.165) is 82.3 Å². The van der Waals surface area contributed by atoms with Gasteiger partial charge in [0.1, 0.15) is 6.10 Å². The van der Waals surface area contributed by atoms with E-state index in [0.29, 0.717) is 19.0 Å². The minimum Gasteiger partial charge on any atom is -0.493 e. The predicted molar refractivity (Wildman–Crippen MR) is 147 cm³/mol. The average molecular weight is 543 g/mol. The molecular formula is C31H46N2O6. The molecule has 1 aromatic rings. The molecule has 2 saturated carbocycles. The molecule has 3 heterocycles. The van der Waals surface area contributed by atoms with Crippen LogP contribution in [0.5, 0.6) is 11.5 Å². The Morgan fingerprint density at radius 3 is 2.72 bits per heavy atom. The van der Waals surface area contributed by atoms with Crippen molar-refractivity contribution in [3.05, 3.63) is 23.8 Å². The van der Waals surface area contributed by atoms with Gasteiger partial charge in [-0.2, -0.15) is 0 Å². The molecule has 6 atom stereocenters. The number of morpholine rings is 1. The molecular weight excluding hydrogens is 496 g/mol. The zero-order chi connectivity index (χ0) is 27.0. The highest BCUT2D eigenvalue weighted by molar-refractivity contribution is 5.75. The zero-order valence-electron chi connectivity index (χ0n) is 24.0. The number of esters is 1. The second-order valence-electron chi connectivity index (χ2n) is 12.8. The third kappa shape index (κ3) is 5.42. The Hall–Kier alpha value is -1.87. The number of ether oxygens (including phenoxy) is 5. The van der Waals surface area contributed by atoms with Gasteiger partial charge in [0, 0.05) is 37.7 Å². The van der Waals surface area contributed by atoms with Crippen LogP contribution in [0.1, 0.15) is 51.0 Å². The lowest BCUT2D eigenvalue weighted by atomic mass is 9.53. The second-order valence-corrected chi connectivity index (χ2v) is 12.8. The van der Waals surface area contributed by atoms with E-state index in [4.69, 9.17) is 23.7 Å². The molecule has 0 bridgehead atoms. The lowest BCUT2D eigenvalue weighted by Gasteiger charge is -2.51. The number of hydrogen-bond acceptors (Lipinski definition) is 8. The lowest BCUT2D eigenvalue weighted by molar-refractivity contribution is -0.147. The van der Waals surface area contributed by atoms with Gasteiger partial charge in [0.25, 0.3) is 0 Å². The summed E-state index contributed by atoms with van der Waals surface area (Å²) in [6.45, 7) is 10.3. The van der Waals surface area contributed by atoms with E-state index in [2.05, 4.69) is 22.8 Å². The van der Waals surface area contributed by atoms with Crippen LogP contribution >= 0.6 is 0 Å². The summed E-state index contributed by atoms with van der Waals surface area (Å²) < 4.78 is 29.1. The lowest BCUT2D eigenvalue weighted by Crippen LogP contribution is -2.51. The Bertz CT molecular complexity index is 1020. The van der Waals surface area contributed by atoms with E-state index in [9.17, 15) is 4.79 Å². The van der Waals surface area contributed by atoms with Gasteiger partial charge < -0.3 is 23.7 Å². The van der Waals surface area contributed by atoms with Crippen molar-refractivity contribution in [1.29, 1.82) is 0 Å². The van der Waals surface area contributed by atoms with Gasteiger partial charge in [-0.05, 0) is 69.0 Å². The van der Waals surface area contributed by atoms with E-state index in [-0.39, 0.29) is 34.9 Å². The number of benzene rings is 1. The summed E-state index contributed by atoms with van der Waals surface area (Å²) >= 11 is 0.